The summed E-state index contributed by atoms with van der Waals surface area (Å²) in [5.41, 5.74) is 0. The fraction of sp³-hybridized carbons (Fsp3) is 1.00. The molecule has 15 nitrogen and oxygen atoms in total. The van der Waals surface area contributed by atoms with E-state index in [0.717, 1.165) is 55.5 Å². The van der Waals surface area contributed by atoms with Crippen LogP contribution in [0.25, 0.3) is 0 Å². The van der Waals surface area contributed by atoms with Gasteiger partial charge in [0.2, 0.25) is 0 Å². The van der Waals surface area contributed by atoms with Crippen molar-refractivity contribution in [1.29, 1.82) is 0 Å². The van der Waals surface area contributed by atoms with Gasteiger partial charge in [-0.15, -0.1) is 0 Å². The zero-order valence-electron chi connectivity index (χ0n) is 37.4. The molecule has 1 radical (unpaired) electrons. The van der Waals surface area contributed by atoms with Crippen molar-refractivity contribution in [3.8, 4) is 0 Å². The van der Waals surface area contributed by atoms with Crippen LogP contribution in [0, 0.1) is 137 Å². The Kier molecular flexibility index (Phi) is 47.5. The van der Waals surface area contributed by atoms with Gasteiger partial charge >= 0.3 is 37.3 Å². The van der Waals surface area contributed by atoms with Crippen LogP contribution >= 0.6 is 21.4 Å². The van der Waals surface area contributed by atoms with E-state index in [0.29, 0.717) is 53.3 Å². The van der Waals surface area contributed by atoms with Gasteiger partial charge in [0, 0.05) is 55.5 Å². The maximum atomic E-state index is 12.6. The van der Waals surface area contributed by atoms with Crippen molar-refractivity contribution in [1.82, 2.24) is 0 Å². The Hall–Kier alpha value is -0.463. The molecular weight excluding hydrogens is 927 g/mol. The molecule has 0 unspecified atom stereocenters. The maximum absolute atomic E-state index is 12.6. The van der Waals surface area contributed by atoms with E-state index in [1.165, 1.54) is 0 Å². The van der Waals surface area contributed by atoms with Crippen LogP contribution in [0.3, 0.4) is 0 Å². The van der Waals surface area contributed by atoms with Crippen molar-refractivity contribution in [3.05, 3.63) is 46.0 Å². The Morgan fingerprint density at radius 1 is 0.291 bits per heavy atom. The Labute approximate surface area is 364 Å². The summed E-state index contributed by atoms with van der Waals surface area (Å²) in [6.45, 7) is 39.1. The number of nitrogens with zero attached hydrogens (tertiary/aromatic N) is 3. The summed E-state index contributed by atoms with van der Waals surface area (Å²) in [7, 11) is -5.66. The summed E-state index contributed by atoms with van der Waals surface area (Å²) in [4.78, 5) is 24.8. The van der Waals surface area contributed by atoms with E-state index < -0.39 is 36.7 Å². The SMILES string of the molecule is CC(C)CP(=O)(CC(C)C)CC(C)C.CC(C)CP(=O)(CC(C)C)CC(C)C.CC(C)CP(=O)(CC(C)C)CC(C)C.O=[N+]([O-])[O-].O=[N+]([O-])[O-].O=[N+]([O-])[O-].[Er+3]. The molecule has 0 aromatic rings. The van der Waals surface area contributed by atoms with Gasteiger partial charge < -0.3 is 59.7 Å². The molecular formula is C36H81ErN3O12P3. The smallest absolute Gasteiger partial charge is 0.356 e. The van der Waals surface area contributed by atoms with Crippen LogP contribution in [0.1, 0.15) is 125 Å². The van der Waals surface area contributed by atoms with Crippen LogP contribution < -0.4 is 0 Å². The molecule has 55 heavy (non-hydrogen) atoms. The molecule has 0 aromatic carbocycles. The molecule has 19 heteroatoms. The molecule has 0 rings (SSSR count). The van der Waals surface area contributed by atoms with Crippen molar-refractivity contribution in [2.24, 2.45) is 53.3 Å². The summed E-state index contributed by atoms with van der Waals surface area (Å²) < 4.78 is 37.9. The zero-order chi connectivity index (χ0) is 44.8. The van der Waals surface area contributed by atoms with E-state index in [4.69, 9.17) is 46.0 Å². The second-order valence-electron chi connectivity index (χ2n) is 18.0. The molecule has 0 atom stereocenters. The topological polar surface area (TPSA) is 250 Å². The van der Waals surface area contributed by atoms with E-state index in [1.54, 1.807) is 0 Å². The number of hydrogen-bond acceptors (Lipinski definition) is 12. The Morgan fingerprint density at radius 3 is 0.382 bits per heavy atom. The van der Waals surface area contributed by atoms with Crippen LogP contribution in [-0.4, -0.2) is 70.7 Å². The van der Waals surface area contributed by atoms with Gasteiger partial charge in [-0.2, -0.15) is 0 Å². The fourth-order valence-electron chi connectivity index (χ4n) is 6.66. The number of hydrogen-bond donors (Lipinski definition) is 0. The van der Waals surface area contributed by atoms with Gasteiger partial charge in [-0.1, -0.05) is 125 Å². The molecule has 0 saturated carbocycles. The summed E-state index contributed by atoms with van der Waals surface area (Å²) >= 11 is 0. The van der Waals surface area contributed by atoms with Gasteiger partial charge in [-0.3, -0.25) is 0 Å². The monoisotopic (exact) mass is 1010 g/mol. The zero-order valence-corrected chi connectivity index (χ0v) is 42.0. The molecule has 0 spiro atoms. The van der Waals surface area contributed by atoms with Crippen molar-refractivity contribution in [2.75, 3.05) is 55.5 Å². The summed E-state index contributed by atoms with van der Waals surface area (Å²) in [6.07, 6.45) is 8.41. The van der Waals surface area contributed by atoms with Crippen molar-refractivity contribution >= 4 is 21.4 Å². The standard InChI is InChI=1S/3C12H27OP.Er.3NO3/c3*1-10(2)7-14(13,8-11(3)4)9-12(5)6;;3*2-1(3)4/h3*10-12H,7-9H2,1-6H3;;;;/q;;;+3;3*-1. The van der Waals surface area contributed by atoms with Gasteiger partial charge in [0.05, 0.1) is 36.7 Å². The molecule has 0 saturated heterocycles. The van der Waals surface area contributed by atoms with Gasteiger partial charge in [0.25, 0.3) is 0 Å². The third-order valence-electron chi connectivity index (χ3n) is 6.28. The molecule has 0 N–H and O–H groups in total. The van der Waals surface area contributed by atoms with E-state index in [1.807, 2.05) is 0 Å². The largest absolute Gasteiger partial charge is 3.00 e. The molecule has 0 aliphatic heterocycles. The predicted molar refractivity (Wildman–Crippen MR) is 231 cm³/mol. The van der Waals surface area contributed by atoms with E-state index in [-0.39, 0.29) is 37.3 Å². The Bertz CT molecular complexity index is 860. The minimum atomic E-state index is -1.89. The van der Waals surface area contributed by atoms with Crippen LogP contribution in [0.5, 0.6) is 0 Å². The molecule has 0 aliphatic carbocycles. The molecule has 0 aromatic heterocycles. The molecule has 339 valence electrons. The molecule has 0 bridgehead atoms. The van der Waals surface area contributed by atoms with Crippen LogP contribution in [0.4, 0.5) is 0 Å². The molecule has 0 fully saturated rings. The van der Waals surface area contributed by atoms with Crippen LogP contribution in [0.15, 0.2) is 0 Å². The third-order valence-corrected chi connectivity index (χ3v) is 18.8. The summed E-state index contributed by atoms with van der Waals surface area (Å²) in [6, 6.07) is 0. The van der Waals surface area contributed by atoms with Crippen LogP contribution in [-0.2, 0) is 13.7 Å². The summed E-state index contributed by atoms with van der Waals surface area (Å²) in [5, 5.41) is 44.2. The number of rotatable bonds is 18. The average Bonchev–Trinajstić information content (AvgIpc) is 2.77. The van der Waals surface area contributed by atoms with Crippen molar-refractivity contribution in [3.63, 3.8) is 0 Å². The van der Waals surface area contributed by atoms with Crippen molar-refractivity contribution in [2.45, 2.75) is 125 Å². The maximum Gasteiger partial charge on any atom is 3.00 e. The fourth-order valence-corrected chi connectivity index (χ4v) is 20.0. The van der Waals surface area contributed by atoms with Crippen molar-refractivity contribution < 1.29 is 66.3 Å². The first-order valence-electron chi connectivity index (χ1n) is 19.1. The van der Waals surface area contributed by atoms with E-state index >= 15 is 0 Å². The molecule has 0 aliphatic rings. The van der Waals surface area contributed by atoms with Gasteiger partial charge in [0.15, 0.2) is 0 Å². The summed E-state index contributed by atoms with van der Waals surface area (Å²) in [5.74, 6) is 5.11. The second kappa shape index (κ2) is 37.8. The quantitative estimate of drug-likeness (QED) is 0.0706. The molecule has 0 heterocycles. The first-order valence-corrected chi connectivity index (χ1v) is 25.9. The predicted octanol–water partition coefficient (Wildman–Crippen LogP) is 12.2. The average molecular weight is 1010 g/mol. The van der Waals surface area contributed by atoms with E-state index in [2.05, 4.69) is 125 Å². The normalized spacial score (nSPS) is 11.4. The van der Waals surface area contributed by atoms with E-state index in [9.17, 15) is 13.7 Å². The molecule has 0 amide bonds. The second-order valence-corrected chi connectivity index (χ2v) is 27.7. The minimum Gasteiger partial charge on any atom is -0.356 e. The Balaban J connectivity index is -0.000000108. The Morgan fingerprint density at radius 2 is 0.345 bits per heavy atom. The minimum absolute atomic E-state index is 0. The first-order chi connectivity index (χ1) is 23.9. The van der Waals surface area contributed by atoms with Gasteiger partial charge in [-0.25, -0.2) is 0 Å². The van der Waals surface area contributed by atoms with Gasteiger partial charge in [0.1, 0.15) is 0 Å². The van der Waals surface area contributed by atoms with Crippen LogP contribution in [0.2, 0.25) is 0 Å². The third kappa shape index (κ3) is 71.7. The first kappa shape index (κ1) is 69.2. The van der Waals surface area contributed by atoms with Gasteiger partial charge in [-0.05, 0) is 53.3 Å².